The van der Waals surface area contributed by atoms with Crippen LogP contribution in [0.25, 0.3) is 0 Å². The van der Waals surface area contributed by atoms with Gasteiger partial charge in [0.2, 0.25) is 0 Å². The van der Waals surface area contributed by atoms with Gasteiger partial charge in [0.15, 0.2) is 0 Å². The predicted molar refractivity (Wildman–Crippen MR) is 102 cm³/mol. The number of benzene rings is 2. The molecule has 0 saturated heterocycles. The van der Waals surface area contributed by atoms with Gasteiger partial charge in [0.1, 0.15) is 11.5 Å². The summed E-state index contributed by atoms with van der Waals surface area (Å²) in [6.07, 6.45) is 0. The highest BCUT2D eigenvalue weighted by atomic mass is 35.5. The van der Waals surface area contributed by atoms with Crippen molar-refractivity contribution < 1.29 is 9.53 Å². The van der Waals surface area contributed by atoms with Gasteiger partial charge in [-0.05, 0) is 47.5 Å². The number of carbonyl (C=O) groups excluding carboxylic acids is 1. The standard InChI is InChI=1S/C18H15Cl3N2O2/c1-10-16(18(21)24)22-23(15-8-5-12(19)9-14(15)20)17(10)11-3-6-13(25-2)7-4-11/h3-10,17H,1-2H3. The number of ether oxygens (including phenoxy) is 1. The molecule has 0 spiro atoms. The third-order valence-corrected chi connectivity index (χ3v) is 4.93. The summed E-state index contributed by atoms with van der Waals surface area (Å²) in [4.78, 5) is 11.8. The summed E-state index contributed by atoms with van der Waals surface area (Å²) < 4.78 is 5.21. The van der Waals surface area contributed by atoms with Gasteiger partial charge in [-0.25, -0.2) is 0 Å². The van der Waals surface area contributed by atoms with Crippen molar-refractivity contribution in [3.05, 3.63) is 58.1 Å². The van der Waals surface area contributed by atoms with Gasteiger partial charge in [-0.1, -0.05) is 42.3 Å². The Balaban J connectivity index is 2.08. The van der Waals surface area contributed by atoms with Crippen molar-refractivity contribution in [1.82, 2.24) is 0 Å². The maximum Gasteiger partial charge on any atom is 0.268 e. The Bertz CT molecular complexity index is 837. The molecule has 0 radical (unpaired) electrons. The Hall–Kier alpha value is -1.75. The van der Waals surface area contributed by atoms with E-state index in [4.69, 9.17) is 39.5 Å². The lowest BCUT2D eigenvalue weighted by Gasteiger charge is -2.27. The zero-order chi connectivity index (χ0) is 18.1. The summed E-state index contributed by atoms with van der Waals surface area (Å²) >= 11 is 18.1. The summed E-state index contributed by atoms with van der Waals surface area (Å²) in [6, 6.07) is 12.5. The number of halogens is 3. The molecule has 3 rings (SSSR count). The fourth-order valence-electron chi connectivity index (χ4n) is 2.95. The maximum absolute atomic E-state index is 11.8. The van der Waals surface area contributed by atoms with Crippen LogP contribution in [0.5, 0.6) is 5.75 Å². The second kappa shape index (κ2) is 7.24. The first-order chi connectivity index (χ1) is 11.9. The summed E-state index contributed by atoms with van der Waals surface area (Å²) in [5.74, 6) is 0.546. The number of carbonyl (C=O) groups is 1. The lowest BCUT2D eigenvalue weighted by molar-refractivity contribution is -0.106. The second-order valence-electron chi connectivity index (χ2n) is 5.71. The Kier molecular flexibility index (Phi) is 5.23. The van der Waals surface area contributed by atoms with Crippen LogP contribution in [0.4, 0.5) is 5.69 Å². The molecular formula is C18H15Cl3N2O2. The fourth-order valence-corrected chi connectivity index (χ4v) is 3.66. The smallest absolute Gasteiger partial charge is 0.268 e. The van der Waals surface area contributed by atoms with E-state index in [0.717, 1.165) is 11.3 Å². The van der Waals surface area contributed by atoms with E-state index in [-0.39, 0.29) is 12.0 Å². The third kappa shape index (κ3) is 3.47. The van der Waals surface area contributed by atoms with E-state index in [9.17, 15) is 4.79 Å². The van der Waals surface area contributed by atoms with Crippen LogP contribution >= 0.6 is 34.8 Å². The summed E-state index contributed by atoms with van der Waals surface area (Å²) in [7, 11) is 1.61. The van der Waals surface area contributed by atoms with Crippen LogP contribution in [0.2, 0.25) is 10.0 Å². The molecule has 0 amide bonds. The molecular weight excluding hydrogens is 383 g/mol. The Morgan fingerprint density at radius 1 is 1.16 bits per heavy atom. The maximum atomic E-state index is 11.8. The van der Waals surface area contributed by atoms with Gasteiger partial charge in [-0.3, -0.25) is 9.80 Å². The monoisotopic (exact) mass is 396 g/mol. The van der Waals surface area contributed by atoms with Crippen LogP contribution < -0.4 is 9.75 Å². The SMILES string of the molecule is COc1ccc(C2C(C)C(C(=O)Cl)=NN2c2ccc(Cl)cc2Cl)cc1. The zero-order valence-corrected chi connectivity index (χ0v) is 15.8. The van der Waals surface area contributed by atoms with Crippen molar-refractivity contribution >= 4 is 51.4 Å². The largest absolute Gasteiger partial charge is 0.497 e. The predicted octanol–water partition coefficient (Wildman–Crippen LogP) is 5.32. The third-order valence-electron chi connectivity index (χ3n) is 4.20. The number of anilines is 1. The lowest BCUT2D eigenvalue weighted by atomic mass is 9.91. The highest BCUT2D eigenvalue weighted by molar-refractivity contribution is 6.82. The van der Waals surface area contributed by atoms with Crippen LogP contribution in [0.1, 0.15) is 18.5 Å². The van der Waals surface area contributed by atoms with E-state index >= 15 is 0 Å². The summed E-state index contributed by atoms with van der Waals surface area (Å²) in [5.41, 5.74) is 1.93. The quantitative estimate of drug-likeness (QED) is 0.656. The van der Waals surface area contributed by atoms with Crippen LogP contribution in [-0.4, -0.2) is 18.1 Å². The lowest BCUT2D eigenvalue weighted by Crippen LogP contribution is -2.25. The molecule has 2 aromatic carbocycles. The van der Waals surface area contributed by atoms with Gasteiger partial charge in [0, 0.05) is 10.9 Å². The molecule has 0 aliphatic carbocycles. The molecule has 0 fully saturated rings. The minimum absolute atomic E-state index is 0.204. The van der Waals surface area contributed by atoms with Crippen molar-refractivity contribution in [3.8, 4) is 5.75 Å². The van der Waals surface area contributed by atoms with Crippen LogP contribution in [0.3, 0.4) is 0 Å². The first-order valence-corrected chi connectivity index (χ1v) is 8.72. The van der Waals surface area contributed by atoms with Gasteiger partial charge in [0.05, 0.1) is 23.9 Å². The summed E-state index contributed by atoms with van der Waals surface area (Å²) in [5, 5.41) is 6.57. The molecule has 1 aliphatic heterocycles. The molecule has 2 atom stereocenters. The van der Waals surface area contributed by atoms with E-state index in [1.54, 1.807) is 30.3 Å². The molecule has 0 N–H and O–H groups in total. The number of hydrazone groups is 1. The van der Waals surface area contributed by atoms with Gasteiger partial charge in [-0.2, -0.15) is 5.10 Å². The Morgan fingerprint density at radius 2 is 1.84 bits per heavy atom. The molecule has 0 aromatic heterocycles. The van der Waals surface area contributed by atoms with Gasteiger partial charge < -0.3 is 4.74 Å². The van der Waals surface area contributed by atoms with Crippen molar-refractivity contribution in [3.63, 3.8) is 0 Å². The van der Waals surface area contributed by atoms with E-state index in [1.165, 1.54) is 0 Å². The van der Waals surface area contributed by atoms with Crippen molar-refractivity contribution in [2.24, 2.45) is 11.0 Å². The average molecular weight is 398 g/mol. The fraction of sp³-hybridized carbons (Fsp3) is 0.222. The number of methoxy groups -OCH3 is 1. The molecule has 1 aliphatic rings. The topological polar surface area (TPSA) is 41.9 Å². The average Bonchev–Trinajstić information content (AvgIpc) is 2.92. The minimum Gasteiger partial charge on any atom is -0.497 e. The highest BCUT2D eigenvalue weighted by Crippen LogP contribution is 2.42. The van der Waals surface area contributed by atoms with E-state index in [2.05, 4.69) is 5.10 Å². The molecule has 25 heavy (non-hydrogen) atoms. The van der Waals surface area contributed by atoms with Crippen LogP contribution in [-0.2, 0) is 4.79 Å². The molecule has 130 valence electrons. The van der Waals surface area contributed by atoms with Gasteiger partial charge in [0.25, 0.3) is 5.24 Å². The highest BCUT2D eigenvalue weighted by Gasteiger charge is 2.39. The number of rotatable bonds is 4. The minimum atomic E-state index is -0.571. The molecule has 0 bridgehead atoms. The van der Waals surface area contributed by atoms with Crippen LogP contribution in [0.15, 0.2) is 47.6 Å². The molecule has 2 aromatic rings. The van der Waals surface area contributed by atoms with E-state index in [0.29, 0.717) is 21.4 Å². The molecule has 2 unspecified atom stereocenters. The molecule has 4 nitrogen and oxygen atoms in total. The number of hydrogen-bond acceptors (Lipinski definition) is 4. The molecule has 7 heteroatoms. The van der Waals surface area contributed by atoms with Crippen molar-refractivity contribution in [2.75, 3.05) is 12.1 Å². The number of nitrogens with zero attached hydrogens (tertiary/aromatic N) is 2. The molecule has 0 saturated carbocycles. The Labute approximate surface area is 160 Å². The first kappa shape index (κ1) is 18.1. The second-order valence-corrected chi connectivity index (χ2v) is 6.89. The van der Waals surface area contributed by atoms with Crippen LogP contribution in [0, 0.1) is 5.92 Å². The van der Waals surface area contributed by atoms with E-state index < -0.39 is 5.24 Å². The van der Waals surface area contributed by atoms with Gasteiger partial charge >= 0.3 is 0 Å². The normalized spacial score (nSPS) is 19.7. The zero-order valence-electron chi connectivity index (χ0n) is 13.5. The number of hydrogen-bond donors (Lipinski definition) is 0. The summed E-state index contributed by atoms with van der Waals surface area (Å²) in [6.45, 7) is 1.91. The molecule has 1 heterocycles. The first-order valence-electron chi connectivity index (χ1n) is 7.59. The van der Waals surface area contributed by atoms with Crippen molar-refractivity contribution in [2.45, 2.75) is 13.0 Å². The van der Waals surface area contributed by atoms with E-state index in [1.807, 2.05) is 31.2 Å². The van der Waals surface area contributed by atoms with Crippen molar-refractivity contribution in [1.29, 1.82) is 0 Å². The Morgan fingerprint density at radius 3 is 2.40 bits per heavy atom. The van der Waals surface area contributed by atoms with Gasteiger partial charge in [-0.15, -0.1) is 0 Å².